The van der Waals surface area contributed by atoms with Crippen molar-refractivity contribution in [2.45, 2.75) is 24.5 Å². The maximum atomic E-state index is 13.2. The number of amides is 1. The maximum absolute atomic E-state index is 13.2. The molecule has 2 aromatic heterocycles. The summed E-state index contributed by atoms with van der Waals surface area (Å²) < 4.78 is 17.7. The van der Waals surface area contributed by atoms with E-state index in [1.165, 1.54) is 0 Å². The van der Waals surface area contributed by atoms with E-state index in [4.69, 9.17) is 25.8 Å². The average molecular weight is 510 g/mol. The standard InChI is InChI=1S/C26H28ClN5O4/c1-32-8-9-35-14(12-32)13-36-20-11-28-7-6-15(20)23-24(29-18-5-3-4-17(27)25(18)34-2)21-22(31-23)16-10-19(16)30-26(21)33/h3-7,11,14,16,19,29,31H,8-10,12-13H2,1-2H3,(H,30,33)/t14-,16+,19-/m0/s1. The van der Waals surface area contributed by atoms with Gasteiger partial charge in [0.05, 0.1) is 47.6 Å². The summed E-state index contributed by atoms with van der Waals surface area (Å²) in [5.74, 6) is 1.28. The lowest BCUT2D eigenvalue weighted by molar-refractivity contribution is -0.0403. The number of carbonyl (C=O) groups is 1. The fraction of sp³-hybridized carbons (Fsp3) is 0.385. The predicted octanol–water partition coefficient (Wildman–Crippen LogP) is 3.79. The number of carbonyl (C=O) groups excluding carboxylic acids is 1. The number of pyridine rings is 1. The number of nitrogens with zero attached hydrogens (tertiary/aromatic N) is 2. The maximum Gasteiger partial charge on any atom is 0.255 e. The molecule has 1 amide bonds. The van der Waals surface area contributed by atoms with Gasteiger partial charge in [0.1, 0.15) is 18.5 Å². The highest BCUT2D eigenvalue weighted by Crippen LogP contribution is 2.51. The first-order valence-electron chi connectivity index (χ1n) is 12.1. The number of rotatable bonds is 7. The number of benzene rings is 1. The van der Waals surface area contributed by atoms with Crippen molar-refractivity contribution in [2.75, 3.05) is 45.8 Å². The Balaban J connectivity index is 1.40. The van der Waals surface area contributed by atoms with Crippen molar-refractivity contribution in [1.82, 2.24) is 20.2 Å². The van der Waals surface area contributed by atoms with Gasteiger partial charge in [-0.1, -0.05) is 17.7 Å². The van der Waals surface area contributed by atoms with Gasteiger partial charge in [-0.05, 0) is 31.7 Å². The molecule has 3 atom stereocenters. The summed E-state index contributed by atoms with van der Waals surface area (Å²) in [4.78, 5) is 23.2. The molecule has 3 aromatic rings. The van der Waals surface area contributed by atoms with Gasteiger partial charge in [-0.15, -0.1) is 0 Å². The van der Waals surface area contributed by atoms with Crippen LogP contribution in [0.25, 0.3) is 11.3 Å². The van der Waals surface area contributed by atoms with Crippen LogP contribution in [0.4, 0.5) is 11.4 Å². The van der Waals surface area contributed by atoms with Gasteiger partial charge in [0.15, 0.2) is 5.75 Å². The molecule has 9 nitrogen and oxygen atoms in total. The second-order valence-corrected chi connectivity index (χ2v) is 9.88. The van der Waals surface area contributed by atoms with Crippen LogP contribution in [0.15, 0.2) is 36.7 Å². The topological polar surface area (TPSA) is 101 Å². The minimum absolute atomic E-state index is 0.0278. The summed E-state index contributed by atoms with van der Waals surface area (Å²) in [5.41, 5.74) is 4.40. The fourth-order valence-electron chi connectivity index (χ4n) is 5.08. The smallest absolute Gasteiger partial charge is 0.255 e. The molecule has 1 aliphatic carbocycles. The summed E-state index contributed by atoms with van der Waals surface area (Å²) >= 11 is 6.38. The first-order valence-corrected chi connectivity index (χ1v) is 12.4. The molecule has 3 N–H and O–H groups in total. The minimum Gasteiger partial charge on any atom is -0.493 e. The van der Waals surface area contributed by atoms with Crippen molar-refractivity contribution in [3.05, 3.63) is 52.9 Å². The van der Waals surface area contributed by atoms with Crippen molar-refractivity contribution >= 4 is 28.9 Å². The summed E-state index contributed by atoms with van der Waals surface area (Å²) in [6, 6.07) is 7.54. The third-order valence-electron chi connectivity index (χ3n) is 6.99. The molecule has 1 saturated carbocycles. The zero-order chi connectivity index (χ0) is 24.8. The van der Waals surface area contributed by atoms with Crippen LogP contribution in [0.1, 0.15) is 28.4 Å². The van der Waals surface area contributed by atoms with E-state index in [1.807, 2.05) is 18.2 Å². The van der Waals surface area contributed by atoms with E-state index in [-0.39, 0.29) is 24.0 Å². The average Bonchev–Trinajstić information content (AvgIpc) is 3.55. The van der Waals surface area contributed by atoms with Gasteiger partial charge in [0, 0.05) is 42.5 Å². The van der Waals surface area contributed by atoms with Crippen LogP contribution in [-0.2, 0) is 4.74 Å². The Labute approximate surface area is 214 Å². The normalized spacial score (nSPS) is 22.9. The lowest BCUT2D eigenvalue weighted by atomic mass is 10.0. The monoisotopic (exact) mass is 509 g/mol. The van der Waals surface area contributed by atoms with Crippen molar-refractivity contribution in [3.8, 4) is 22.8 Å². The Kier molecular flexibility index (Phi) is 5.99. The highest BCUT2D eigenvalue weighted by atomic mass is 35.5. The van der Waals surface area contributed by atoms with Crippen molar-refractivity contribution in [1.29, 1.82) is 0 Å². The van der Waals surface area contributed by atoms with Gasteiger partial charge >= 0.3 is 0 Å². The van der Waals surface area contributed by atoms with E-state index in [9.17, 15) is 4.79 Å². The summed E-state index contributed by atoms with van der Waals surface area (Å²) in [7, 11) is 3.65. The number of fused-ring (bicyclic) bond motifs is 3. The number of methoxy groups -OCH3 is 1. The molecule has 6 rings (SSSR count). The van der Waals surface area contributed by atoms with Crippen molar-refractivity contribution in [2.24, 2.45) is 0 Å². The molecule has 36 heavy (non-hydrogen) atoms. The van der Waals surface area contributed by atoms with Gasteiger partial charge in [0.25, 0.3) is 5.91 Å². The largest absolute Gasteiger partial charge is 0.493 e. The van der Waals surface area contributed by atoms with Crippen LogP contribution in [0.5, 0.6) is 11.5 Å². The first-order chi connectivity index (χ1) is 17.5. The summed E-state index contributed by atoms with van der Waals surface area (Å²) in [6.07, 6.45) is 4.31. The molecule has 4 heterocycles. The second-order valence-electron chi connectivity index (χ2n) is 9.47. The number of anilines is 2. The molecule has 2 aliphatic heterocycles. The number of para-hydroxylation sites is 1. The molecule has 1 saturated heterocycles. The molecular weight excluding hydrogens is 482 g/mol. The fourth-order valence-corrected chi connectivity index (χ4v) is 5.33. The van der Waals surface area contributed by atoms with E-state index in [1.54, 1.807) is 25.6 Å². The number of aromatic amines is 1. The Morgan fingerprint density at radius 1 is 1.33 bits per heavy atom. The lowest BCUT2D eigenvalue weighted by Crippen LogP contribution is -2.42. The third kappa shape index (κ3) is 4.17. The van der Waals surface area contributed by atoms with Crippen LogP contribution in [0.2, 0.25) is 5.02 Å². The molecule has 0 unspecified atom stereocenters. The molecule has 0 spiro atoms. The molecular formula is C26H28ClN5O4. The number of nitrogens with one attached hydrogen (secondary N) is 3. The van der Waals surface area contributed by atoms with E-state index in [0.29, 0.717) is 46.7 Å². The van der Waals surface area contributed by atoms with Gasteiger partial charge in [-0.25, -0.2) is 0 Å². The second kappa shape index (κ2) is 9.31. The highest BCUT2D eigenvalue weighted by molar-refractivity contribution is 6.32. The first kappa shape index (κ1) is 23.1. The van der Waals surface area contributed by atoms with Crippen LogP contribution >= 0.6 is 11.6 Å². The van der Waals surface area contributed by atoms with Gasteiger partial charge in [-0.2, -0.15) is 0 Å². The van der Waals surface area contributed by atoms with Gasteiger partial charge in [0.2, 0.25) is 0 Å². The Bertz CT molecular complexity index is 1310. The predicted molar refractivity (Wildman–Crippen MR) is 137 cm³/mol. The Morgan fingerprint density at radius 3 is 3.06 bits per heavy atom. The number of hydrogen-bond donors (Lipinski definition) is 3. The van der Waals surface area contributed by atoms with Crippen LogP contribution in [0, 0.1) is 0 Å². The number of H-pyrrole nitrogens is 1. The highest BCUT2D eigenvalue weighted by Gasteiger charge is 2.48. The number of ether oxygens (including phenoxy) is 3. The van der Waals surface area contributed by atoms with Crippen molar-refractivity contribution < 1.29 is 19.0 Å². The number of hydrogen-bond acceptors (Lipinski definition) is 7. The number of likely N-dealkylation sites (N-methyl/N-ethyl adjacent to an activating group) is 1. The minimum atomic E-state index is -0.107. The molecule has 2 fully saturated rings. The number of morpholine rings is 1. The molecule has 10 heteroatoms. The van der Waals surface area contributed by atoms with E-state index >= 15 is 0 Å². The summed E-state index contributed by atoms with van der Waals surface area (Å²) in [5, 5.41) is 7.02. The molecule has 188 valence electrons. The lowest BCUT2D eigenvalue weighted by Gasteiger charge is -2.30. The summed E-state index contributed by atoms with van der Waals surface area (Å²) in [6.45, 7) is 2.80. The number of halogens is 1. The van der Waals surface area contributed by atoms with Crippen LogP contribution < -0.4 is 20.1 Å². The SMILES string of the molecule is COc1c(Cl)cccc1Nc1c(-c2ccncc2OC[C@@H]2CN(C)CCO2)[nH]c2c1C(=O)N[C@H]1C[C@@H]21. The zero-order valence-electron chi connectivity index (χ0n) is 20.1. The van der Waals surface area contributed by atoms with Crippen LogP contribution in [0.3, 0.4) is 0 Å². The Hall–Kier alpha value is -3.27. The molecule has 0 bridgehead atoms. The van der Waals surface area contributed by atoms with Gasteiger partial charge < -0.3 is 34.7 Å². The number of aromatic nitrogens is 2. The van der Waals surface area contributed by atoms with E-state index in [2.05, 4.69) is 32.5 Å². The molecule has 0 radical (unpaired) electrons. The van der Waals surface area contributed by atoms with Crippen molar-refractivity contribution in [3.63, 3.8) is 0 Å². The van der Waals surface area contributed by atoms with E-state index in [0.717, 1.165) is 36.5 Å². The van der Waals surface area contributed by atoms with Crippen LogP contribution in [-0.4, -0.2) is 73.4 Å². The molecule has 1 aromatic carbocycles. The quantitative estimate of drug-likeness (QED) is 0.445. The zero-order valence-corrected chi connectivity index (χ0v) is 20.9. The molecule has 3 aliphatic rings. The van der Waals surface area contributed by atoms with E-state index < -0.39 is 0 Å². The van der Waals surface area contributed by atoms with Gasteiger partial charge in [-0.3, -0.25) is 9.78 Å². The third-order valence-corrected chi connectivity index (χ3v) is 7.28. The Morgan fingerprint density at radius 2 is 2.22 bits per heavy atom.